The van der Waals surface area contributed by atoms with E-state index in [0.29, 0.717) is 24.2 Å². The Bertz CT molecular complexity index is 636. The largest absolute Gasteiger partial charge is 0.381 e. The van der Waals surface area contributed by atoms with Crippen LogP contribution in [0.25, 0.3) is 0 Å². The molecule has 116 valence electrons. The first-order chi connectivity index (χ1) is 9.82. The van der Waals surface area contributed by atoms with Gasteiger partial charge < -0.3 is 9.64 Å². The number of benzene rings is 1. The second kappa shape index (κ2) is 6.34. The van der Waals surface area contributed by atoms with Crippen LogP contribution in [-0.2, 0) is 13.8 Å². The molecule has 0 radical (unpaired) electrons. The number of aryl methyl sites for hydroxylation is 1. The Morgan fingerprint density at radius 1 is 1.33 bits per heavy atom. The number of rotatable bonds is 3. The van der Waals surface area contributed by atoms with Gasteiger partial charge in [0.25, 0.3) is 15.0 Å². The molecule has 1 fully saturated rings. The summed E-state index contributed by atoms with van der Waals surface area (Å²) < 4.78 is 27.9. The molecule has 7 heteroatoms. The van der Waals surface area contributed by atoms with Crippen molar-refractivity contribution in [2.24, 2.45) is 0 Å². The number of halogens is 1. The monoisotopic (exact) mass is 331 g/mol. The molecular formula is C14H18ClNO4S. The van der Waals surface area contributed by atoms with E-state index in [0.717, 1.165) is 12.8 Å². The first-order valence-corrected chi connectivity index (χ1v) is 9.01. The van der Waals surface area contributed by atoms with Crippen molar-refractivity contribution >= 4 is 25.6 Å². The zero-order valence-electron chi connectivity index (χ0n) is 12.0. The van der Waals surface area contributed by atoms with Crippen LogP contribution >= 0.6 is 10.7 Å². The fraction of sp³-hybridized carbons (Fsp3) is 0.500. The van der Waals surface area contributed by atoms with Gasteiger partial charge in [-0.1, -0.05) is 0 Å². The summed E-state index contributed by atoms with van der Waals surface area (Å²) in [6.07, 6.45) is 1.84. The Morgan fingerprint density at radius 2 is 1.95 bits per heavy atom. The highest BCUT2D eigenvalue weighted by Gasteiger charge is 2.24. The van der Waals surface area contributed by atoms with E-state index in [1.807, 2.05) is 0 Å². The van der Waals surface area contributed by atoms with E-state index in [9.17, 15) is 13.2 Å². The minimum Gasteiger partial charge on any atom is -0.381 e. The molecule has 0 N–H and O–H groups in total. The number of likely N-dealkylation sites (tertiary alicyclic amines) is 1. The van der Waals surface area contributed by atoms with E-state index >= 15 is 0 Å². The van der Waals surface area contributed by atoms with Crippen LogP contribution in [0.5, 0.6) is 0 Å². The molecule has 21 heavy (non-hydrogen) atoms. The summed E-state index contributed by atoms with van der Waals surface area (Å²) in [5, 5.41) is 0. The summed E-state index contributed by atoms with van der Waals surface area (Å²) in [7, 11) is 3.21. The third-order valence-corrected chi connectivity index (χ3v) is 5.12. The molecule has 1 saturated heterocycles. The molecule has 1 aromatic carbocycles. The summed E-state index contributed by atoms with van der Waals surface area (Å²) in [5.74, 6) is -0.0828. The smallest absolute Gasteiger partial charge is 0.261 e. The van der Waals surface area contributed by atoms with E-state index in [4.69, 9.17) is 15.4 Å². The maximum atomic E-state index is 12.5. The Morgan fingerprint density at radius 3 is 2.43 bits per heavy atom. The Kier molecular flexibility index (Phi) is 4.91. The zero-order valence-corrected chi connectivity index (χ0v) is 13.6. The first-order valence-electron chi connectivity index (χ1n) is 6.70. The van der Waals surface area contributed by atoms with Gasteiger partial charge in [-0.3, -0.25) is 4.79 Å². The third kappa shape index (κ3) is 3.75. The molecule has 0 aromatic heterocycles. The van der Waals surface area contributed by atoms with Crippen LogP contribution in [0.3, 0.4) is 0 Å². The first kappa shape index (κ1) is 16.3. The fourth-order valence-corrected chi connectivity index (χ4v) is 3.33. The van der Waals surface area contributed by atoms with E-state index in [2.05, 4.69) is 0 Å². The van der Waals surface area contributed by atoms with Crippen LogP contribution in [0.15, 0.2) is 23.1 Å². The molecule has 0 bridgehead atoms. The minimum atomic E-state index is -3.77. The van der Waals surface area contributed by atoms with Crippen molar-refractivity contribution in [1.82, 2.24) is 4.90 Å². The highest BCUT2D eigenvalue weighted by Crippen LogP contribution is 2.22. The summed E-state index contributed by atoms with van der Waals surface area (Å²) in [5.41, 5.74) is 1.12. The van der Waals surface area contributed by atoms with Crippen LogP contribution in [0.1, 0.15) is 28.8 Å². The SMILES string of the molecule is COC1CCN(C(=O)c2ccc(S(=O)(=O)Cl)cc2C)CC1. The van der Waals surface area contributed by atoms with E-state index in [1.165, 1.54) is 18.2 Å². The quantitative estimate of drug-likeness (QED) is 0.796. The van der Waals surface area contributed by atoms with Crippen molar-refractivity contribution in [3.05, 3.63) is 29.3 Å². The van der Waals surface area contributed by atoms with Gasteiger partial charge in [0, 0.05) is 36.4 Å². The van der Waals surface area contributed by atoms with Gasteiger partial charge in [-0.05, 0) is 43.5 Å². The second-order valence-electron chi connectivity index (χ2n) is 5.14. The number of carbonyl (C=O) groups excluding carboxylic acids is 1. The standard InChI is InChI=1S/C14H18ClNO4S/c1-10-9-12(21(15,18)19)3-4-13(10)14(17)16-7-5-11(20-2)6-8-16/h3-4,9,11H,5-8H2,1-2H3. The Labute approximate surface area is 129 Å². The molecule has 1 aromatic rings. The van der Waals surface area contributed by atoms with Crippen molar-refractivity contribution in [1.29, 1.82) is 0 Å². The van der Waals surface area contributed by atoms with E-state index in [-0.39, 0.29) is 16.9 Å². The van der Waals surface area contributed by atoms with Crippen molar-refractivity contribution in [3.8, 4) is 0 Å². The van der Waals surface area contributed by atoms with Gasteiger partial charge in [-0.15, -0.1) is 0 Å². The van der Waals surface area contributed by atoms with Crippen LogP contribution < -0.4 is 0 Å². The second-order valence-corrected chi connectivity index (χ2v) is 7.71. The van der Waals surface area contributed by atoms with Crippen molar-refractivity contribution in [2.45, 2.75) is 30.8 Å². The number of ether oxygens (including phenoxy) is 1. The summed E-state index contributed by atoms with van der Waals surface area (Å²) in [4.78, 5) is 14.3. The molecule has 0 saturated carbocycles. The minimum absolute atomic E-state index is 0.0105. The molecule has 0 spiro atoms. The predicted octanol–water partition coefficient (Wildman–Crippen LogP) is 2.17. The van der Waals surface area contributed by atoms with Gasteiger partial charge in [0.15, 0.2) is 0 Å². The number of piperidine rings is 1. The van der Waals surface area contributed by atoms with Gasteiger partial charge in [-0.25, -0.2) is 8.42 Å². The lowest BCUT2D eigenvalue weighted by Crippen LogP contribution is -2.40. The molecule has 1 aliphatic rings. The van der Waals surface area contributed by atoms with Crippen LogP contribution in [0.2, 0.25) is 0 Å². The van der Waals surface area contributed by atoms with Gasteiger partial charge >= 0.3 is 0 Å². The van der Waals surface area contributed by atoms with E-state index < -0.39 is 9.05 Å². The average Bonchev–Trinajstić information content (AvgIpc) is 2.45. The summed E-state index contributed by atoms with van der Waals surface area (Å²) >= 11 is 0. The molecular weight excluding hydrogens is 314 g/mol. The lowest BCUT2D eigenvalue weighted by Gasteiger charge is -2.31. The number of carbonyl (C=O) groups is 1. The summed E-state index contributed by atoms with van der Waals surface area (Å²) in [6.45, 7) is 3.00. The van der Waals surface area contributed by atoms with Gasteiger partial charge in [-0.2, -0.15) is 0 Å². The lowest BCUT2D eigenvalue weighted by molar-refractivity contribution is 0.0350. The lowest BCUT2D eigenvalue weighted by atomic mass is 10.0. The number of nitrogens with zero attached hydrogens (tertiary/aromatic N) is 1. The predicted molar refractivity (Wildman–Crippen MR) is 80.2 cm³/mol. The molecule has 1 amide bonds. The topological polar surface area (TPSA) is 63.7 Å². The molecule has 0 atom stereocenters. The Hall–Kier alpha value is -1.11. The average molecular weight is 332 g/mol. The molecule has 0 unspecified atom stereocenters. The number of hydrogen-bond donors (Lipinski definition) is 0. The van der Waals surface area contributed by atoms with Gasteiger partial charge in [0.2, 0.25) is 0 Å². The normalized spacial score (nSPS) is 17.0. The molecule has 1 aliphatic heterocycles. The maximum absolute atomic E-state index is 12.5. The number of hydrogen-bond acceptors (Lipinski definition) is 4. The highest BCUT2D eigenvalue weighted by molar-refractivity contribution is 8.13. The third-order valence-electron chi connectivity index (χ3n) is 3.77. The number of amides is 1. The van der Waals surface area contributed by atoms with Gasteiger partial charge in [0.05, 0.1) is 11.0 Å². The summed E-state index contributed by atoms with van der Waals surface area (Å²) in [6, 6.07) is 4.32. The van der Waals surface area contributed by atoms with Gasteiger partial charge in [0.1, 0.15) is 0 Å². The van der Waals surface area contributed by atoms with Crippen molar-refractivity contribution in [3.63, 3.8) is 0 Å². The van der Waals surface area contributed by atoms with Crippen LogP contribution in [-0.4, -0.2) is 45.5 Å². The number of methoxy groups -OCH3 is 1. The highest BCUT2D eigenvalue weighted by atomic mass is 35.7. The molecule has 2 rings (SSSR count). The molecule has 0 aliphatic carbocycles. The van der Waals surface area contributed by atoms with Crippen LogP contribution in [0.4, 0.5) is 0 Å². The van der Waals surface area contributed by atoms with E-state index in [1.54, 1.807) is 18.9 Å². The van der Waals surface area contributed by atoms with Crippen molar-refractivity contribution in [2.75, 3.05) is 20.2 Å². The zero-order chi connectivity index (χ0) is 15.6. The Balaban J connectivity index is 2.17. The van der Waals surface area contributed by atoms with Crippen molar-refractivity contribution < 1.29 is 17.9 Å². The molecule has 5 nitrogen and oxygen atoms in total. The molecule has 1 heterocycles. The fourth-order valence-electron chi connectivity index (χ4n) is 2.49. The maximum Gasteiger partial charge on any atom is 0.261 e. The van der Waals surface area contributed by atoms with Crippen LogP contribution in [0, 0.1) is 6.92 Å².